The molecule has 0 aliphatic rings. The van der Waals surface area contributed by atoms with E-state index in [1.807, 2.05) is 120 Å². The van der Waals surface area contributed by atoms with Gasteiger partial charge in [-0.25, -0.2) is 19.8 Å². The van der Waals surface area contributed by atoms with E-state index < -0.39 is 23.5 Å². The Hall–Kier alpha value is -9.65. The first-order valence-electron chi connectivity index (χ1n) is 23.6. The van der Waals surface area contributed by atoms with Crippen molar-refractivity contribution in [3.05, 3.63) is 233 Å². The van der Waals surface area contributed by atoms with E-state index in [0.29, 0.717) is 112 Å². The van der Waals surface area contributed by atoms with Gasteiger partial charge in [0.15, 0.2) is 23.2 Å². The molecule has 0 radical (unpaired) electrons. The molecular weight excluding hydrogens is 955 g/mol. The molecule has 0 aliphatic heterocycles. The van der Waals surface area contributed by atoms with Crippen LogP contribution in [0.2, 0.25) is 0 Å². The second-order valence-corrected chi connectivity index (χ2v) is 18.2. The summed E-state index contributed by atoms with van der Waals surface area (Å²) in [6, 6.07) is 58.1. The molecule has 0 unspecified atom stereocenters. The first-order chi connectivity index (χ1) is 36.1. The van der Waals surface area contributed by atoms with Crippen molar-refractivity contribution in [3.63, 3.8) is 0 Å². The highest BCUT2D eigenvalue weighted by atomic mass is 19.4. The van der Waals surface area contributed by atoms with Crippen LogP contribution in [0, 0.1) is 31.8 Å². The molecule has 9 aromatic carbocycles. The van der Waals surface area contributed by atoms with Gasteiger partial charge in [0.05, 0.1) is 46.1 Å². The van der Waals surface area contributed by atoms with Crippen molar-refractivity contribution >= 4 is 27.5 Å². The van der Waals surface area contributed by atoms with Crippen molar-refractivity contribution in [1.82, 2.24) is 19.5 Å². The van der Waals surface area contributed by atoms with Gasteiger partial charge in [-0.1, -0.05) is 133 Å². The smallest absolute Gasteiger partial charge is 0.308 e. The zero-order chi connectivity index (χ0) is 52.2. The van der Waals surface area contributed by atoms with Crippen LogP contribution in [0.1, 0.15) is 27.8 Å². The Morgan fingerprint density at radius 1 is 0.467 bits per heavy atom. The topological polar surface area (TPSA) is 71.8 Å². The average Bonchev–Trinajstić information content (AvgIpc) is 3.79. The molecule has 0 aliphatic carbocycles. The molecule has 0 spiro atoms. The Kier molecular flexibility index (Phi) is 11.9. The van der Waals surface area contributed by atoms with E-state index in [9.17, 15) is 31.6 Å². The predicted octanol–water partition coefficient (Wildman–Crippen LogP) is 17.7. The van der Waals surface area contributed by atoms with Crippen LogP contribution >= 0.6 is 0 Å². The number of alkyl halides is 6. The zero-order valence-corrected chi connectivity index (χ0v) is 39.9. The Bertz CT molecular complexity index is 3980. The second kappa shape index (κ2) is 18.8. The van der Waals surface area contributed by atoms with E-state index >= 15 is 0 Å². The van der Waals surface area contributed by atoms with Gasteiger partial charge in [0.1, 0.15) is 0 Å². The van der Waals surface area contributed by atoms with E-state index in [2.05, 4.69) is 10.9 Å². The van der Waals surface area contributed by atoms with Gasteiger partial charge in [0, 0.05) is 38.6 Å². The molecule has 362 valence electrons. The minimum Gasteiger partial charge on any atom is -0.308 e. The molecule has 0 fully saturated rings. The van der Waals surface area contributed by atoms with Crippen LogP contribution < -0.4 is 0 Å². The van der Waals surface area contributed by atoms with E-state index in [4.69, 9.17) is 21.5 Å². The number of nitrogens with zero attached hydrogens (tertiary/aromatic N) is 6. The zero-order valence-electron chi connectivity index (χ0n) is 39.9. The summed E-state index contributed by atoms with van der Waals surface area (Å²) in [4.78, 5) is 18.8. The van der Waals surface area contributed by atoms with Crippen molar-refractivity contribution < 1.29 is 26.3 Å². The molecule has 0 bridgehead atoms. The van der Waals surface area contributed by atoms with Crippen LogP contribution in [0.5, 0.6) is 0 Å². The van der Waals surface area contributed by atoms with Gasteiger partial charge < -0.3 is 4.57 Å². The van der Waals surface area contributed by atoms with E-state index in [1.54, 1.807) is 62.4 Å². The lowest BCUT2D eigenvalue weighted by Gasteiger charge is -2.21. The fourth-order valence-corrected chi connectivity index (χ4v) is 9.73. The first kappa shape index (κ1) is 47.7. The molecule has 2 aromatic heterocycles. The molecule has 75 heavy (non-hydrogen) atoms. The molecule has 0 N–H and O–H groups in total. The number of fused-ring (bicyclic) bond motifs is 3. The van der Waals surface area contributed by atoms with Gasteiger partial charge in [-0.3, -0.25) is 0 Å². The fourth-order valence-electron chi connectivity index (χ4n) is 9.73. The quantitative estimate of drug-likeness (QED) is 0.112. The molecule has 12 heteroatoms. The Morgan fingerprint density at radius 2 is 0.960 bits per heavy atom. The highest BCUT2D eigenvalue weighted by Gasteiger charge is 2.34. The van der Waals surface area contributed by atoms with Gasteiger partial charge in [-0.15, -0.1) is 0 Å². The summed E-state index contributed by atoms with van der Waals surface area (Å²) < 4.78 is 88.4. The maximum atomic E-state index is 14.8. The van der Waals surface area contributed by atoms with Gasteiger partial charge >= 0.3 is 12.4 Å². The summed E-state index contributed by atoms with van der Waals surface area (Å²) in [5.41, 5.74) is 8.24. The molecule has 11 aromatic rings. The summed E-state index contributed by atoms with van der Waals surface area (Å²) in [5.74, 6) is 1.22. The number of aromatic nitrogens is 4. The third kappa shape index (κ3) is 9.04. The van der Waals surface area contributed by atoms with Crippen LogP contribution in [0.4, 0.5) is 32.0 Å². The maximum absolute atomic E-state index is 14.8. The number of benzene rings is 9. The maximum Gasteiger partial charge on any atom is 0.417 e. The number of hydrogen-bond acceptors (Lipinski definition) is 4. The summed E-state index contributed by atoms with van der Waals surface area (Å²) in [5, 5.41) is 11.1. The van der Waals surface area contributed by atoms with Crippen molar-refractivity contribution in [2.24, 2.45) is 0 Å². The summed E-state index contributed by atoms with van der Waals surface area (Å²) in [7, 11) is 0. The van der Waals surface area contributed by atoms with E-state index in [0.717, 1.165) is 29.3 Å². The molecule has 2 heterocycles. The SMILES string of the molecule is [C-]#[N+]c1ccc(-c2cc(-c3nc(-c4ccccc4)nc(-c4ccccc4)n3)cc(-c3ccc(C#N)cc3)c2-n2c3ccc(-c4ccc(C(F)(F)F)cc4C)cc3c3cc(-c4ccc(C)cc4C(F)(F)F)ccc32)cc1. The van der Waals surface area contributed by atoms with E-state index in [1.165, 1.54) is 12.1 Å². The molecule has 0 atom stereocenters. The van der Waals surface area contributed by atoms with Gasteiger partial charge in [0.25, 0.3) is 0 Å². The number of rotatable bonds is 8. The summed E-state index contributed by atoms with van der Waals surface area (Å²) in [6.07, 6.45) is -9.23. The third-order valence-electron chi connectivity index (χ3n) is 13.3. The molecule has 0 saturated carbocycles. The van der Waals surface area contributed by atoms with Crippen molar-refractivity contribution in [2.75, 3.05) is 0 Å². The lowest BCUT2D eigenvalue weighted by atomic mass is 9.92. The van der Waals surface area contributed by atoms with Gasteiger partial charge in [0.2, 0.25) is 0 Å². The molecule has 0 saturated heterocycles. The van der Waals surface area contributed by atoms with Crippen molar-refractivity contribution in [3.8, 4) is 90.4 Å². The Morgan fingerprint density at radius 3 is 1.45 bits per heavy atom. The minimum absolute atomic E-state index is 0.0176. The van der Waals surface area contributed by atoms with Crippen LogP contribution in [-0.4, -0.2) is 19.5 Å². The highest BCUT2D eigenvalue weighted by Crippen LogP contribution is 2.47. The largest absolute Gasteiger partial charge is 0.417 e. The summed E-state index contributed by atoms with van der Waals surface area (Å²) in [6.45, 7) is 11.0. The highest BCUT2D eigenvalue weighted by molar-refractivity contribution is 6.13. The predicted molar refractivity (Wildman–Crippen MR) is 283 cm³/mol. The van der Waals surface area contributed by atoms with Crippen LogP contribution in [-0.2, 0) is 12.4 Å². The fraction of sp³-hybridized carbons (Fsp3) is 0.0635. The first-order valence-corrected chi connectivity index (χ1v) is 23.6. The molecular formula is C63H38F6N6. The number of hydrogen-bond donors (Lipinski definition) is 0. The molecule has 11 rings (SSSR count). The van der Waals surface area contributed by atoms with Crippen LogP contribution in [0.3, 0.4) is 0 Å². The third-order valence-corrected chi connectivity index (χ3v) is 13.3. The lowest BCUT2D eigenvalue weighted by Crippen LogP contribution is -2.07. The minimum atomic E-state index is -4.67. The van der Waals surface area contributed by atoms with Crippen LogP contribution in [0.25, 0.3) is 111 Å². The second-order valence-electron chi connectivity index (χ2n) is 18.2. The number of aryl methyl sites for hydroxylation is 2. The number of nitriles is 1. The van der Waals surface area contributed by atoms with Crippen molar-refractivity contribution in [1.29, 1.82) is 5.26 Å². The number of halogens is 6. The summed E-state index contributed by atoms with van der Waals surface area (Å²) >= 11 is 0. The molecule has 0 amide bonds. The van der Waals surface area contributed by atoms with Gasteiger partial charge in [-0.2, -0.15) is 31.6 Å². The molecule has 6 nitrogen and oxygen atoms in total. The monoisotopic (exact) mass is 992 g/mol. The van der Waals surface area contributed by atoms with Crippen LogP contribution in [0.15, 0.2) is 194 Å². The Balaban J connectivity index is 1.26. The standard InChI is InChI=1S/C63H38F6N6/c1-37-14-26-50(55(30-37)63(67,68)69)45-22-29-57-54(33-45)53-32-44(49-27-23-47(31-38(49)2)62(64,65)66)21-28-56(53)75(57)58-51(40-17-15-39(36-70)16-18-40)34-46(35-52(58)41-19-24-48(71-3)25-20-41)61-73-59(42-10-6-4-7-11-42)72-60(74-61)43-12-8-5-9-13-43/h4-35H,1-2H3. The lowest BCUT2D eigenvalue weighted by molar-refractivity contribution is -0.138. The van der Waals surface area contributed by atoms with E-state index in [-0.39, 0.29) is 5.56 Å². The normalized spacial score (nSPS) is 11.7. The van der Waals surface area contributed by atoms with Gasteiger partial charge in [-0.05, 0) is 120 Å². The Labute approximate surface area is 427 Å². The average molecular weight is 993 g/mol. The van der Waals surface area contributed by atoms with Crippen molar-refractivity contribution in [2.45, 2.75) is 26.2 Å².